The van der Waals surface area contributed by atoms with E-state index in [2.05, 4.69) is 12.1 Å². The molecule has 2 aromatic rings. The van der Waals surface area contributed by atoms with Crippen molar-refractivity contribution in [2.75, 3.05) is 27.4 Å². The molecule has 4 heteroatoms. The van der Waals surface area contributed by atoms with Crippen LogP contribution in [0.4, 0.5) is 0 Å². The van der Waals surface area contributed by atoms with Crippen LogP contribution in [-0.4, -0.2) is 27.4 Å². The maximum atomic E-state index is 6.54. The zero-order chi connectivity index (χ0) is 15.0. The van der Waals surface area contributed by atoms with Gasteiger partial charge >= 0.3 is 0 Å². The minimum atomic E-state index is -0.419. The number of rotatable bonds is 4. The second-order valence-corrected chi connectivity index (χ2v) is 6.06. The quantitative estimate of drug-likeness (QED) is 0.822. The highest BCUT2D eigenvalue weighted by Crippen LogP contribution is 2.53. The molecule has 2 aromatic carbocycles. The summed E-state index contributed by atoms with van der Waals surface area (Å²) in [6.45, 7) is 0.982. The van der Waals surface area contributed by atoms with Crippen molar-refractivity contribution in [3.8, 4) is 11.1 Å². The third kappa shape index (κ3) is 2.09. The molecule has 0 radical (unpaired) electrons. The fourth-order valence-electron chi connectivity index (χ4n) is 3.35. The van der Waals surface area contributed by atoms with Crippen LogP contribution in [0.5, 0.6) is 0 Å². The zero-order valence-electron chi connectivity index (χ0n) is 12.0. The van der Waals surface area contributed by atoms with E-state index in [1.165, 1.54) is 11.1 Å². The molecule has 0 saturated carbocycles. The lowest BCUT2D eigenvalue weighted by Crippen LogP contribution is -2.36. The molecule has 0 N–H and O–H groups in total. The maximum absolute atomic E-state index is 6.54. The van der Waals surface area contributed by atoms with Crippen LogP contribution < -0.4 is 0 Å². The molecular weight excluding hydrogens is 307 g/mol. The monoisotopic (exact) mass is 322 g/mol. The minimum Gasteiger partial charge on any atom is -0.383 e. The lowest BCUT2D eigenvalue weighted by Gasteiger charge is -2.31. The van der Waals surface area contributed by atoms with Crippen molar-refractivity contribution >= 4 is 23.2 Å². The SMILES string of the molecule is COCC1(COC)c2ccccc2-c2ccc(Cl)c(Cl)c21. The third-order valence-electron chi connectivity index (χ3n) is 4.09. The van der Waals surface area contributed by atoms with Gasteiger partial charge in [-0.2, -0.15) is 0 Å². The molecule has 0 saturated heterocycles. The molecule has 0 spiro atoms. The van der Waals surface area contributed by atoms with Crippen molar-refractivity contribution in [2.24, 2.45) is 0 Å². The summed E-state index contributed by atoms with van der Waals surface area (Å²) in [4.78, 5) is 0. The largest absolute Gasteiger partial charge is 0.383 e. The smallest absolute Gasteiger partial charge is 0.0696 e. The number of benzene rings is 2. The molecule has 0 unspecified atom stereocenters. The van der Waals surface area contributed by atoms with E-state index in [-0.39, 0.29) is 0 Å². The van der Waals surface area contributed by atoms with E-state index < -0.39 is 5.41 Å². The van der Waals surface area contributed by atoms with E-state index in [1.807, 2.05) is 24.3 Å². The number of hydrogen-bond acceptors (Lipinski definition) is 2. The van der Waals surface area contributed by atoms with Gasteiger partial charge in [0.25, 0.3) is 0 Å². The Morgan fingerprint density at radius 1 is 0.905 bits per heavy atom. The highest BCUT2D eigenvalue weighted by molar-refractivity contribution is 6.43. The molecule has 0 bridgehead atoms. The average molecular weight is 323 g/mol. The van der Waals surface area contributed by atoms with Crippen molar-refractivity contribution in [3.05, 3.63) is 57.6 Å². The normalized spacial score (nSPS) is 14.9. The van der Waals surface area contributed by atoms with Gasteiger partial charge in [-0.15, -0.1) is 0 Å². The van der Waals surface area contributed by atoms with E-state index in [1.54, 1.807) is 14.2 Å². The van der Waals surface area contributed by atoms with Crippen LogP contribution in [0.3, 0.4) is 0 Å². The molecule has 0 fully saturated rings. The molecular formula is C17H16Cl2O2. The second-order valence-electron chi connectivity index (χ2n) is 5.28. The van der Waals surface area contributed by atoms with Crippen molar-refractivity contribution in [1.29, 1.82) is 0 Å². The summed E-state index contributed by atoms with van der Waals surface area (Å²) in [5, 5.41) is 1.14. The van der Waals surface area contributed by atoms with Gasteiger partial charge in [0.05, 0.1) is 28.7 Å². The van der Waals surface area contributed by atoms with Gasteiger partial charge in [0, 0.05) is 14.2 Å². The summed E-state index contributed by atoms with van der Waals surface area (Å²) in [5.41, 5.74) is 4.03. The number of hydrogen-bond donors (Lipinski definition) is 0. The predicted octanol–water partition coefficient (Wildman–Crippen LogP) is 4.55. The molecule has 110 valence electrons. The maximum Gasteiger partial charge on any atom is 0.0696 e. The molecule has 1 aliphatic rings. The number of fused-ring (bicyclic) bond motifs is 3. The molecule has 0 atom stereocenters. The molecule has 3 rings (SSSR count). The van der Waals surface area contributed by atoms with Gasteiger partial charge in [0.1, 0.15) is 0 Å². The Hall–Kier alpha value is -1.06. The molecule has 21 heavy (non-hydrogen) atoms. The van der Waals surface area contributed by atoms with E-state index >= 15 is 0 Å². The van der Waals surface area contributed by atoms with Crippen molar-refractivity contribution < 1.29 is 9.47 Å². The number of halogens is 2. The molecule has 2 nitrogen and oxygen atoms in total. The average Bonchev–Trinajstić information content (AvgIpc) is 2.76. The highest BCUT2D eigenvalue weighted by Gasteiger charge is 2.45. The van der Waals surface area contributed by atoms with E-state index in [0.717, 1.165) is 11.1 Å². The topological polar surface area (TPSA) is 18.5 Å². The van der Waals surface area contributed by atoms with Gasteiger partial charge in [0.15, 0.2) is 0 Å². The van der Waals surface area contributed by atoms with Crippen LogP contribution in [0.15, 0.2) is 36.4 Å². The lowest BCUT2D eigenvalue weighted by molar-refractivity contribution is 0.0815. The fourth-order valence-corrected chi connectivity index (χ4v) is 3.85. The zero-order valence-corrected chi connectivity index (χ0v) is 13.5. The van der Waals surface area contributed by atoms with Gasteiger partial charge in [-0.25, -0.2) is 0 Å². The summed E-state index contributed by atoms with van der Waals surface area (Å²) in [7, 11) is 3.38. The number of methoxy groups -OCH3 is 2. The summed E-state index contributed by atoms with van der Waals surface area (Å²) in [5.74, 6) is 0. The first-order valence-corrected chi connectivity index (χ1v) is 7.47. The van der Waals surface area contributed by atoms with Crippen LogP contribution >= 0.6 is 23.2 Å². The van der Waals surface area contributed by atoms with Gasteiger partial charge in [0.2, 0.25) is 0 Å². The Labute approximate surface area is 134 Å². The number of ether oxygens (including phenoxy) is 2. The lowest BCUT2D eigenvalue weighted by atomic mass is 9.79. The van der Waals surface area contributed by atoms with E-state index in [9.17, 15) is 0 Å². The predicted molar refractivity (Wildman–Crippen MR) is 86.4 cm³/mol. The first kappa shape index (κ1) is 14.9. The molecule has 0 heterocycles. The Kier molecular flexibility index (Phi) is 3.98. The fraction of sp³-hybridized carbons (Fsp3) is 0.294. The Balaban J connectivity index is 2.37. The van der Waals surface area contributed by atoms with Crippen molar-refractivity contribution in [1.82, 2.24) is 0 Å². The van der Waals surface area contributed by atoms with Crippen molar-refractivity contribution in [2.45, 2.75) is 5.41 Å². The summed E-state index contributed by atoms with van der Waals surface area (Å²) < 4.78 is 11.0. The first-order valence-electron chi connectivity index (χ1n) is 6.72. The third-order valence-corrected chi connectivity index (χ3v) is 4.89. The molecule has 0 aromatic heterocycles. The summed E-state index contributed by atoms with van der Waals surface area (Å²) in [6.07, 6.45) is 0. The van der Waals surface area contributed by atoms with Crippen LogP contribution in [0.2, 0.25) is 10.0 Å². The Bertz CT molecular complexity index is 676. The second kappa shape index (κ2) is 5.62. The highest BCUT2D eigenvalue weighted by atomic mass is 35.5. The summed E-state index contributed by atoms with van der Waals surface area (Å²) >= 11 is 12.8. The van der Waals surface area contributed by atoms with Gasteiger partial charge < -0.3 is 9.47 Å². The van der Waals surface area contributed by atoms with Gasteiger partial charge in [-0.1, -0.05) is 53.5 Å². The van der Waals surface area contributed by atoms with Crippen LogP contribution in [0, 0.1) is 0 Å². The molecule has 0 amide bonds. The van der Waals surface area contributed by atoms with Gasteiger partial charge in [-0.3, -0.25) is 0 Å². The van der Waals surface area contributed by atoms with Crippen LogP contribution in [0.1, 0.15) is 11.1 Å². The Morgan fingerprint density at radius 2 is 1.57 bits per heavy atom. The minimum absolute atomic E-state index is 0.419. The standard InChI is InChI=1S/C17H16Cl2O2/c1-20-9-17(10-21-2)13-6-4-3-5-11(13)12-7-8-14(18)16(19)15(12)17/h3-8H,9-10H2,1-2H3. The van der Waals surface area contributed by atoms with Gasteiger partial charge in [-0.05, 0) is 28.3 Å². The Morgan fingerprint density at radius 3 is 2.24 bits per heavy atom. The molecule has 0 aliphatic heterocycles. The van der Waals surface area contributed by atoms with Crippen molar-refractivity contribution in [3.63, 3.8) is 0 Å². The van der Waals surface area contributed by atoms with E-state index in [0.29, 0.717) is 23.3 Å². The van der Waals surface area contributed by atoms with Crippen LogP contribution in [-0.2, 0) is 14.9 Å². The molecule has 1 aliphatic carbocycles. The first-order chi connectivity index (χ1) is 10.2. The van der Waals surface area contributed by atoms with Crippen LogP contribution in [0.25, 0.3) is 11.1 Å². The summed E-state index contributed by atoms with van der Waals surface area (Å²) in [6, 6.07) is 12.1. The van der Waals surface area contributed by atoms with E-state index in [4.69, 9.17) is 32.7 Å².